The van der Waals surface area contributed by atoms with Gasteiger partial charge in [0.05, 0.1) is 22.6 Å². The van der Waals surface area contributed by atoms with Crippen LogP contribution >= 0.6 is 0 Å². The molecule has 1 atom stereocenters. The smallest absolute Gasteiger partial charge is 0.311 e. The van der Waals surface area contributed by atoms with Crippen molar-refractivity contribution in [1.29, 1.82) is 5.26 Å². The van der Waals surface area contributed by atoms with Crippen LogP contribution in [0.5, 0.6) is 0 Å². The van der Waals surface area contributed by atoms with E-state index in [0.29, 0.717) is 5.56 Å². The van der Waals surface area contributed by atoms with Crippen LogP contribution in [0.2, 0.25) is 0 Å². The van der Waals surface area contributed by atoms with Gasteiger partial charge in [-0.15, -0.1) is 0 Å². The normalized spacial score (nSPS) is 11.4. The summed E-state index contributed by atoms with van der Waals surface area (Å²) in [5.41, 5.74) is 1.34. The van der Waals surface area contributed by atoms with E-state index < -0.39 is 4.92 Å². The Labute approximate surface area is 115 Å². The van der Waals surface area contributed by atoms with Gasteiger partial charge in [0.1, 0.15) is 0 Å². The highest BCUT2D eigenvalue weighted by Crippen LogP contribution is 2.25. The van der Waals surface area contributed by atoms with Gasteiger partial charge in [0.25, 0.3) is 0 Å². The predicted molar refractivity (Wildman–Crippen MR) is 74.1 cm³/mol. The molecule has 0 radical (unpaired) electrons. The lowest BCUT2D eigenvalue weighted by Gasteiger charge is -2.14. The number of hydrogen-bond acceptors (Lipinski definition) is 5. The number of pyridine rings is 1. The summed E-state index contributed by atoms with van der Waals surface area (Å²) in [7, 11) is 0. The Kier molecular flexibility index (Phi) is 3.91. The van der Waals surface area contributed by atoms with Crippen LogP contribution in [0, 0.1) is 21.4 Å². The maximum absolute atomic E-state index is 10.9. The maximum atomic E-state index is 10.9. The van der Waals surface area contributed by atoms with Crippen molar-refractivity contribution < 1.29 is 4.92 Å². The van der Waals surface area contributed by atoms with Crippen molar-refractivity contribution in [2.75, 3.05) is 5.32 Å². The third-order valence-electron chi connectivity index (χ3n) is 2.85. The highest BCUT2D eigenvalue weighted by molar-refractivity contribution is 5.56. The van der Waals surface area contributed by atoms with Gasteiger partial charge < -0.3 is 5.32 Å². The number of benzene rings is 1. The van der Waals surface area contributed by atoms with Crippen molar-refractivity contribution in [3.63, 3.8) is 0 Å². The van der Waals surface area contributed by atoms with Gasteiger partial charge in [-0.3, -0.25) is 10.1 Å². The Morgan fingerprint density at radius 2 is 2.20 bits per heavy atom. The van der Waals surface area contributed by atoms with Crippen LogP contribution in [-0.4, -0.2) is 9.91 Å². The Morgan fingerprint density at radius 1 is 1.40 bits per heavy atom. The SMILES string of the molecule is CC(Nc1ncccc1[N+](=O)[O-])c1cccc(C#N)c1. The molecule has 0 bridgehead atoms. The molecular weight excluding hydrogens is 256 g/mol. The van der Waals surface area contributed by atoms with Crippen molar-refractivity contribution >= 4 is 11.5 Å². The second kappa shape index (κ2) is 5.80. The molecule has 0 saturated heterocycles. The number of hydrogen-bond donors (Lipinski definition) is 1. The van der Waals surface area contributed by atoms with E-state index in [1.165, 1.54) is 18.3 Å². The fourth-order valence-electron chi connectivity index (χ4n) is 1.82. The molecule has 0 spiro atoms. The van der Waals surface area contributed by atoms with Gasteiger partial charge in [-0.25, -0.2) is 4.98 Å². The summed E-state index contributed by atoms with van der Waals surface area (Å²) in [5, 5.41) is 22.8. The summed E-state index contributed by atoms with van der Waals surface area (Å²) in [5.74, 6) is 0.215. The lowest BCUT2D eigenvalue weighted by molar-refractivity contribution is -0.384. The molecule has 0 aliphatic carbocycles. The standard InChI is InChI=1S/C14H12N4O2/c1-10(12-5-2-4-11(8-12)9-15)17-14-13(18(19)20)6-3-7-16-14/h2-8,10H,1H3,(H,16,17). The number of rotatable bonds is 4. The predicted octanol–water partition coefficient (Wildman–Crippen LogP) is 3.03. The van der Waals surface area contributed by atoms with E-state index in [-0.39, 0.29) is 17.5 Å². The molecule has 20 heavy (non-hydrogen) atoms. The molecule has 6 nitrogen and oxygen atoms in total. The quantitative estimate of drug-likeness (QED) is 0.679. The average Bonchev–Trinajstić information content (AvgIpc) is 2.47. The number of anilines is 1. The van der Waals surface area contributed by atoms with Crippen molar-refractivity contribution in [3.05, 3.63) is 63.8 Å². The van der Waals surface area contributed by atoms with E-state index in [9.17, 15) is 10.1 Å². The second-order valence-corrected chi connectivity index (χ2v) is 4.23. The van der Waals surface area contributed by atoms with E-state index in [4.69, 9.17) is 5.26 Å². The molecule has 0 aliphatic rings. The first kappa shape index (κ1) is 13.5. The summed E-state index contributed by atoms with van der Waals surface area (Å²) in [4.78, 5) is 14.4. The lowest BCUT2D eigenvalue weighted by Crippen LogP contribution is -2.09. The zero-order valence-electron chi connectivity index (χ0n) is 10.8. The molecular formula is C14H12N4O2. The minimum Gasteiger partial charge on any atom is -0.358 e. The molecule has 100 valence electrons. The molecule has 0 aliphatic heterocycles. The molecule has 1 N–H and O–H groups in total. The highest BCUT2D eigenvalue weighted by atomic mass is 16.6. The Hall–Kier alpha value is -2.94. The number of nitro groups is 1. The van der Waals surface area contributed by atoms with Crippen molar-refractivity contribution in [2.24, 2.45) is 0 Å². The summed E-state index contributed by atoms with van der Waals surface area (Å²) >= 11 is 0. The van der Waals surface area contributed by atoms with Gasteiger partial charge in [-0.2, -0.15) is 5.26 Å². The van der Waals surface area contributed by atoms with Gasteiger partial charge in [-0.05, 0) is 30.7 Å². The monoisotopic (exact) mass is 268 g/mol. The van der Waals surface area contributed by atoms with E-state index in [2.05, 4.69) is 16.4 Å². The zero-order valence-corrected chi connectivity index (χ0v) is 10.8. The fraction of sp³-hybridized carbons (Fsp3) is 0.143. The molecule has 0 saturated carbocycles. The molecule has 1 aromatic carbocycles. The highest BCUT2D eigenvalue weighted by Gasteiger charge is 2.16. The summed E-state index contributed by atoms with van der Waals surface area (Å²) in [6, 6.07) is 11.9. The first-order chi connectivity index (χ1) is 9.61. The number of nitrogens with zero attached hydrogens (tertiary/aromatic N) is 3. The molecule has 6 heteroatoms. The van der Waals surface area contributed by atoms with Crippen LogP contribution in [-0.2, 0) is 0 Å². The van der Waals surface area contributed by atoms with Crippen molar-refractivity contribution in [1.82, 2.24) is 4.98 Å². The molecule has 1 aromatic heterocycles. The fourth-order valence-corrected chi connectivity index (χ4v) is 1.82. The first-order valence-electron chi connectivity index (χ1n) is 5.98. The first-order valence-corrected chi connectivity index (χ1v) is 5.98. The minimum atomic E-state index is -0.478. The maximum Gasteiger partial charge on any atom is 0.311 e. The Bertz CT molecular complexity index is 679. The van der Waals surface area contributed by atoms with Crippen molar-refractivity contribution in [3.8, 4) is 6.07 Å². The van der Waals surface area contributed by atoms with E-state index in [1.54, 1.807) is 18.2 Å². The van der Waals surface area contributed by atoms with E-state index in [1.807, 2.05) is 13.0 Å². The molecule has 1 unspecified atom stereocenters. The van der Waals surface area contributed by atoms with Gasteiger partial charge in [0.15, 0.2) is 0 Å². The summed E-state index contributed by atoms with van der Waals surface area (Å²) in [6.45, 7) is 1.86. The zero-order chi connectivity index (χ0) is 14.5. The average molecular weight is 268 g/mol. The topological polar surface area (TPSA) is 91.8 Å². The van der Waals surface area contributed by atoms with Gasteiger partial charge in [-0.1, -0.05) is 12.1 Å². The molecule has 2 rings (SSSR count). The molecule has 1 heterocycles. The Morgan fingerprint density at radius 3 is 2.90 bits per heavy atom. The summed E-state index contributed by atoms with van der Waals surface area (Å²) < 4.78 is 0. The Balaban J connectivity index is 2.26. The number of aromatic nitrogens is 1. The third-order valence-corrected chi connectivity index (χ3v) is 2.85. The minimum absolute atomic E-state index is 0.0733. The van der Waals surface area contributed by atoms with E-state index >= 15 is 0 Å². The van der Waals surface area contributed by atoms with Crippen LogP contribution < -0.4 is 5.32 Å². The molecule has 2 aromatic rings. The van der Waals surface area contributed by atoms with Crippen LogP contribution in [0.15, 0.2) is 42.6 Å². The van der Waals surface area contributed by atoms with Crippen LogP contribution in [0.4, 0.5) is 11.5 Å². The second-order valence-electron chi connectivity index (χ2n) is 4.23. The van der Waals surface area contributed by atoms with Gasteiger partial charge in [0.2, 0.25) is 5.82 Å². The largest absolute Gasteiger partial charge is 0.358 e. The number of nitrogens with one attached hydrogen (secondary N) is 1. The molecule has 0 fully saturated rings. The van der Waals surface area contributed by atoms with Gasteiger partial charge >= 0.3 is 5.69 Å². The van der Waals surface area contributed by atoms with Gasteiger partial charge in [0, 0.05) is 12.3 Å². The summed E-state index contributed by atoms with van der Waals surface area (Å²) in [6.07, 6.45) is 1.49. The third kappa shape index (κ3) is 2.90. The lowest BCUT2D eigenvalue weighted by atomic mass is 10.1. The van der Waals surface area contributed by atoms with E-state index in [0.717, 1.165) is 5.56 Å². The van der Waals surface area contributed by atoms with Crippen LogP contribution in [0.25, 0.3) is 0 Å². The molecule has 0 amide bonds. The van der Waals surface area contributed by atoms with Crippen molar-refractivity contribution in [2.45, 2.75) is 13.0 Å². The number of nitriles is 1. The van der Waals surface area contributed by atoms with Crippen LogP contribution in [0.3, 0.4) is 0 Å². The van der Waals surface area contributed by atoms with Crippen LogP contribution in [0.1, 0.15) is 24.1 Å².